The van der Waals surface area contributed by atoms with Crippen molar-refractivity contribution in [3.8, 4) is 0 Å². The van der Waals surface area contributed by atoms with E-state index < -0.39 is 11.7 Å². The van der Waals surface area contributed by atoms with Gasteiger partial charge in [0.05, 0.1) is 12.7 Å². The van der Waals surface area contributed by atoms with Crippen LogP contribution in [0, 0.1) is 6.92 Å². The van der Waals surface area contributed by atoms with Crippen molar-refractivity contribution in [2.75, 3.05) is 13.1 Å². The number of rotatable bonds is 5. The van der Waals surface area contributed by atoms with E-state index in [1.165, 1.54) is 0 Å². The van der Waals surface area contributed by atoms with Crippen molar-refractivity contribution < 1.29 is 14.3 Å². The van der Waals surface area contributed by atoms with E-state index in [2.05, 4.69) is 4.98 Å². The minimum atomic E-state index is -0.456. The number of Topliss-reactive ketones (excluding diaryl/α,β-unsaturated/α-hetero) is 1. The highest BCUT2D eigenvalue weighted by atomic mass is 16.5. The fourth-order valence-electron chi connectivity index (χ4n) is 2.72. The Labute approximate surface area is 141 Å². The van der Waals surface area contributed by atoms with Gasteiger partial charge in [0.25, 0.3) is 5.91 Å². The van der Waals surface area contributed by atoms with Crippen LogP contribution < -0.4 is 0 Å². The maximum absolute atomic E-state index is 12.4. The summed E-state index contributed by atoms with van der Waals surface area (Å²) in [4.78, 5) is 30.3. The predicted molar refractivity (Wildman–Crippen MR) is 89.5 cm³/mol. The molecule has 0 aliphatic carbocycles. The zero-order valence-corrected chi connectivity index (χ0v) is 13.6. The number of benzene rings is 1. The first-order valence-electron chi connectivity index (χ1n) is 8.04. The van der Waals surface area contributed by atoms with Gasteiger partial charge in [-0.05, 0) is 25.0 Å². The maximum Gasteiger partial charge on any atom is 0.295 e. The Kier molecular flexibility index (Phi) is 5.01. The molecule has 2 heterocycles. The van der Waals surface area contributed by atoms with Crippen LogP contribution in [0.25, 0.3) is 0 Å². The molecule has 1 atom stereocenters. The van der Waals surface area contributed by atoms with Crippen molar-refractivity contribution in [1.29, 1.82) is 0 Å². The van der Waals surface area contributed by atoms with Crippen molar-refractivity contribution >= 4 is 11.7 Å². The molecule has 1 fully saturated rings. The normalized spacial score (nSPS) is 17.0. The number of aryl methyl sites for hydroxylation is 1. The van der Waals surface area contributed by atoms with Crippen molar-refractivity contribution in [1.82, 2.24) is 9.88 Å². The molecule has 1 aromatic heterocycles. The van der Waals surface area contributed by atoms with E-state index in [9.17, 15) is 9.59 Å². The van der Waals surface area contributed by atoms with Crippen molar-refractivity contribution in [2.45, 2.75) is 26.1 Å². The number of likely N-dealkylation sites (tertiary alicyclic amines) is 1. The molecular weight excluding hydrogens is 304 g/mol. The fraction of sp³-hybridized carbons (Fsp3) is 0.316. The average molecular weight is 324 g/mol. The summed E-state index contributed by atoms with van der Waals surface area (Å²) >= 11 is 0. The molecule has 0 spiro atoms. The van der Waals surface area contributed by atoms with Crippen molar-refractivity contribution in [2.24, 2.45) is 0 Å². The molecule has 124 valence electrons. The van der Waals surface area contributed by atoms with Gasteiger partial charge in [-0.1, -0.05) is 35.9 Å². The number of ether oxygens (including phenoxy) is 1. The van der Waals surface area contributed by atoms with Gasteiger partial charge < -0.3 is 9.64 Å². The second kappa shape index (κ2) is 7.36. The number of carbonyl (C=O) groups excluding carboxylic acids is 2. The Morgan fingerprint density at radius 1 is 1.25 bits per heavy atom. The zero-order chi connectivity index (χ0) is 16.9. The van der Waals surface area contributed by atoms with Gasteiger partial charge in [-0.25, -0.2) is 0 Å². The number of aromatic nitrogens is 1. The first-order valence-corrected chi connectivity index (χ1v) is 8.04. The topological polar surface area (TPSA) is 59.5 Å². The summed E-state index contributed by atoms with van der Waals surface area (Å²) in [6.07, 6.45) is 4.18. The van der Waals surface area contributed by atoms with Crippen LogP contribution in [0.3, 0.4) is 0 Å². The van der Waals surface area contributed by atoms with Crippen LogP contribution >= 0.6 is 0 Å². The molecule has 1 unspecified atom stereocenters. The van der Waals surface area contributed by atoms with Gasteiger partial charge in [0.1, 0.15) is 0 Å². The minimum absolute atomic E-state index is 0.0417. The van der Waals surface area contributed by atoms with E-state index in [0.29, 0.717) is 25.3 Å². The second-order valence-electron chi connectivity index (χ2n) is 6.03. The predicted octanol–water partition coefficient (Wildman–Crippen LogP) is 2.39. The lowest BCUT2D eigenvalue weighted by molar-refractivity contribution is -0.126. The molecule has 24 heavy (non-hydrogen) atoms. The summed E-state index contributed by atoms with van der Waals surface area (Å²) < 4.78 is 5.83. The van der Waals surface area contributed by atoms with Crippen LogP contribution in [-0.4, -0.2) is 40.8 Å². The Balaban J connectivity index is 1.54. The van der Waals surface area contributed by atoms with Gasteiger partial charge in [-0.15, -0.1) is 0 Å². The van der Waals surface area contributed by atoms with E-state index in [0.717, 1.165) is 17.5 Å². The molecule has 2 aromatic rings. The molecule has 5 nitrogen and oxygen atoms in total. The Bertz CT molecular complexity index is 713. The third-order valence-corrected chi connectivity index (χ3v) is 4.15. The summed E-state index contributed by atoms with van der Waals surface area (Å²) in [5.74, 6) is -0.908. The summed E-state index contributed by atoms with van der Waals surface area (Å²) in [5.41, 5.74) is 2.49. The van der Waals surface area contributed by atoms with Crippen molar-refractivity contribution in [3.05, 3.63) is 65.5 Å². The molecule has 1 aromatic carbocycles. The molecule has 0 bridgehead atoms. The molecule has 1 saturated heterocycles. The van der Waals surface area contributed by atoms with Gasteiger partial charge >= 0.3 is 0 Å². The Hall–Kier alpha value is -2.53. The average Bonchev–Trinajstić information content (AvgIpc) is 3.09. The summed E-state index contributed by atoms with van der Waals surface area (Å²) in [7, 11) is 0. The number of pyridine rings is 1. The van der Waals surface area contributed by atoms with Crippen LogP contribution in [-0.2, 0) is 16.1 Å². The first-order chi connectivity index (χ1) is 11.6. The molecule has 0 radical (unpaired) electrons. The van der Waals surface area contributed by atoms with E-state index in [-0.39, 0.29) is 6.10 Å². The molecule has 0 saturated carbocycles. The van der Waals surface area contributed by atoms with Crippen LogP contribution in [0.5, 0.6) is 0 Å². The number of hydrogen-bond donors (Lipinski definition) is 0. The van der Waals surface area contributed by atoms with Crippen molar-refractivity contribution in [3.63, 3.8) is 0 Å². The summed E-state index contributed by atoms with van der Waals surface area (Å²) in [6.45, 7) is 3.41. The zero-order valence-electron chi connectivity index (χ0n) is 13.6. The number of carbonyl (C=O) groups is 2. The van der Waals surface area contributed by atoms with Gasteiger partial charge in [0, 0.05) is 31.0 Å². The highest BCUT2D eigenvalue weighted by Crippen LogP contribution is 2.16. The van der Waals surface area contributed by atoms with Gasteiger partial charge in [-0.2, -0.15) is 0 Å². The summed E-state index contributed by atoms with van der Waals surface area (Å²) in [6, 6.07) is 10.9. The van der Waals surface area contributed by atoms with Crippen LogP contribution in [0.2, 0.25) is 0 Å². The van der Waals surface area contributed by atoms with E-state index in [1.807, 2.05) is 31.2 Å². The minimum Gasteiger partial charge on any atom is -0.372 e. The molecule has 0 N–H and O–H groups in total. The van der Waals surface area contributed by atoms with E-state index >= 15 is 0 Å². The van der Waals surface area contributed by atoms with Crippen LogP contribution in [0.4, 0.5) is 0 Å². The molecule has 5 heteroatoms. The quantitative estimate of drug-likeness (QED) is 0.626. The molecule has 1 amide bonds. The number of nitrogens with zero attached hydrogens (tertiary/aromatic N) is 2. The van der Waals surface area contributed by atoms with Gasteiger partial charge in [0.2, 0.25) is 5.78 Å². The lowest BCUT2D eigenvalue weighted by Gasteiger charge is -2.16. The van der Waals surface area contributed by atoms with Crippen LogP contribution in [0.15, 0.2) is 48.8 Å². The van der Waals surface area contributed by atoms with Gasteiger partial charge in [0.15, 0.2) is 0 Å². The van der Waals surface area contributed by atoms with Gasteiger partial charge in [-0.3, -0.25) is 14.6 Å². The third-order valence-electron chi connectivity index (χ3n) is 4.15. The SMILES string of the molecule is Cc1ccc(C(=O)C(=O)N2CCC(OCc3cccnc3)C2)cc1. The standard InChI is InChI=1S/C19H20N2O3/c1-14-4-6-16(7-5-14)18(22)19(23)21-10-8-17(12-21)24-13-15-3-2-9-20-11-15/h2-7,9,11,17H,8,10,12-13H2,1H3. The lowest BCUT2D eigenvalue weighted by Crippen LogP contribution is -2.35. The Morgan fingerprint density at radius 3 is 2.75 bits per heavy atom. The molecular formula is C19H20N2O3. The first kappa shape index (κ1) is 16.3. The largest absolute Gasteiger partial charge is 0.372 e. The fourth-order valence-corrected chi connectivity index (χ4v) is 2.72. The van der Waals surface area contributed by atoms with E-state index in [4.69, 9.17) is 4.74 Å². The summed E-state index contributed by atoms with van der Waals surface area (Å²) in [5, 5.41) is 0. The number of ketones is 1. The molecule has 1 aliphatic rings. The molecule has 1 aliphatic heterocycles. The monoisotopic (exact) mass is 324 g/mol. The van der Waals surface area contributed by atoms with E-state index in [1.54, 1.807) is 29.4 Å². The van der Waals surface area contributed by atoms with Crippen LogP contribution in [0.1, 0.15) is 27.9 Å². The smallest absolute Gasteiger partial charge is 0.295 e. The maximum atomic E-state index is 12.4. The highest BCUT2D eigenvalue weighted by molar-refractivity contribution is 6.42. The number of hydrogen-bond acceptors (Lipinski definition) is 4. The highest BCUT2D eigenvalue weighted by Gasteiger charge is 2.30. The second-order valence-corrected chi connectivity index (χ2v) is 6.03. The molecule has 3 rings (SSSR count). The third kappa shape index (κ3) is 3.86. The number of amides is 1. The lowest BCUT2D eigenvalue weighted by atomic mass is 10.1. The Morgan fingerprint density at radius 2 is 2.04 bits per heavy atom.